The second-order valence-corrected chi connectivity index (χ2v) is 7.56. The zero-order valence-electron chi connectivity index (χ0n) is 13.2. The molecule has 0 atom stereocenters. The molecule has 0 saturated carbocycles. The highest BCUT2D eigenvalue weighted by Crippen LogP contribution is 2.14. The number of carbonyl (C=O) groups is 1. The molecule has 3 N–H and O–H groups in total. The summed E-state index contributed by atoms with van der Waals surface area (Å²) in [6, 6.07) is 4.24. The van der Waals surface area contributed by atoms with Gasteiger partial charge in [0.05, 0.1) is 22.5 Å². The van der Waals surface area contributed by atoms with Crippen molar-refractivity contribution in [3.05, 3.63) is 28.7 Å². The molecule has 10 heteroatoms. The van der Waals surface area contributed by atoms with Gasteiger partial charge < -0.3 is 19.8 Å². The first-order valence-electron chi connectivity index (χ1n) is 7.53. The lowest BCUT2D eigenvalue weighted by atomic mass is 10.3. The highest BCUT2D eigenvalue weighted by Gasteiger charge is 2.22. The minimum Gasteiger partial charge on any atom is -0.339 e. The average molecular weight is 353 g/mol. The van der Waals surface area contributed by atoms with Crippen LogP contribution in [0.4, 0.5) is 0 Å². The molecule has 0 radical (unpaired) electrons. The number of nitrogens with one attached hydrogen (secondary N) is 3. The Hall–Kier alpha value is -2.17. The number of hydrogen-bond donors (Lipinski definition) is 3. The lowest BCUT2D eigenvalue weighted by Gasteiger charge is -2.32. The van der Waals surface area contributed by atoms with E-state index in [1.807, 2.05) is 7.05 Å². The molecule has 3 rings (SSSR count). The number of sulfonamides is 1. The fraction of sp³-hybridized carbons (Fsp3) is 0.429. The van der Waals surface area contributed by atoms with Crippen LogP contribution in [0.1, 0.15) is 0 Å². The molecule has 0 unspecified atom stereocenters. The van der Waals surface area contributed by atoms with Crippen molar-refractivity contribution in [2.45, 2.75) is 4.90 Å². The highest BCUT2D eigenvalue weighted by molar-refractivity contribution is 7.89. The Morgan fingerprint density at radius 1 is 1.17 bits per heavy atom. The van der Waals surface area contributed by atoms with E-state index in [1.165, 1.54) is 18.2 Å². The van der Waals surface area contributed by atoms with Gasteiger partial charge in [-0.15, -0.1) is 0 Å². The Labute approximate surface area is 138 Å². The monoisotopic (exact) mass is 353 g/mol. The zero-order chi connectivity index (χ0) is 17.3. The molecule has 0 aliphatic carbocycles. The summed E-state index contributed by atoms with van der Waals surface area (Å²) < 4.78 is 27.0. The third kappa shape index (κ3) is 3.50. The van der Waals surface area contributed by atoms with Gasteiger partial charge in [0.2, 0.25) is 15.9 Å². The average Bonchev–Trinajstić information content (AvgIpc) is 2.92. The maximum absolute atomic E-state index is 12.3. The van der Waals surface area contributed by atoms with Crippen molar-refractivity contribution in [1.82, 2.24) is 24.5 Å². The van der Waals surface area contributed by atoms with Crippen LogP contribution >= 0.6 is 0 Å². The van der Waals surface area contributed by atoms with Gasteiger partial charge in [0.25, 0.3) is 0 Å². The van der Waals surface area contributed by atoms with Crippen LogP contribution in [0.3, 0.4) is 0 Å². The molecule has 0 bridgehead atoms. The summed E-state index contributed by atoms with van der Waals surface area (Å²) in [6.45, 7) is 2.45. The number of nitrogens with zero attached hydrogens (tertiary/aromatic N) is 2. The van der Waals surface area contributed by atoms with Crippen LogP contribution in [0.5, 0.6) is 0 Å². The number of likely N-dealkylation sites (N-methyl/N-ethyl adjacent to an activating group) is 1. The van der Waals surface area contributed by atoms with Gasteiger partial charge in [-0.05, 0) is 25.2 Å². The number of hydrogen-bond acceptors (Lipinski definition) is 5. The van der Waals surface area contributed by atoms with E-state index < -0.39 is 15.7 Å². The standard InChI is InChI=1S/C14H19N5O4S/c1-18-4-6-19(7-5-18)13(20)9-15-24(22,23)10-2-3-11-12(8-10)17-14(21)16-11/h2-3,8,15H,4-7,9H2,1H3,(H2,16,17,21). The summed E-state index contributed by atoms with van der Waals surface area (Å²) in [5.74, 6) is -0.247. The third-order valence-corrected chi connectivity index (χ3v) is 5.47. The number of imidazole rings is 1. The van der Waals surface area contributed by atoms with Crippen LogP contribution in [0.25, 0.3) is 11.0 Å². The number of aromatic nitrogens is 2. The first kappa shape index (κ1) is 16.7. The van der Waals surface area contributed by atoms with Crippen molar-refractivity contribution < 1.29 is 13.2 Å². The Bertz CT molecular complexity index is 909. The smallest absolute Gasteiger partial charge is 0.323 e. The van der Waals surface area contributed by atoms with Gasteiger partial charge in [-0.2, -0.15) is 0 Å². The van der Waals surface area contributed by atoms with Crippen LogP contribution < -0.4 is 10.4 Å². The fourth-order valence-corrected chi connectivity index (χ4v) is 3.59. The van der Waals surface area contributed by atoms with Gasteiger partial charge in [0, 0.05) is 26.2 Å². The van der Waals surface area contributed by atoms with Crippen LogP contribution in [0.15, 0.2) is 27.9 Å². The molecule has 9 nitrogen and oxygen atoms in total. The lowest BCUT2D eigenvalue weighted by molar-refractivity contribution is -0.131. The fourth-order valence-electron chi connectivity index (χ4n) is 2.59. The van der Waals surface area contributed by atoms with E-state index in [2.05, 4.69) is 19.6 Å². The molecule has 1 aliphatic heterocycles. The predicted molar refractivity (Wildman–Crippen MR) is 88.2 cm³/mol. The number of aromatic amines is 2. The quantitative estimate of drug-likeness (QED) is 0.645. The first-order chi connectivity index (χ1) is 11.3. The van der Waals surface area contributed by atoms with Gasteiger partial charge in [0.1, 0.15) is 0 Å². The lowest BCUT2D eigenvalue weighted by Crippen LogP contribution is -2.50. The molecule has 1 aliphatic rings. The van der Waals surface area contributed by atoms with Gasteiger partial charge >= 0.3 is 5.69 Å². The minimum atomic E-state index is -3.83. The summed E-state index contributed by atoms with van der Waals surface area (Å²) in [6.07, 6.45) is 0. The Morgan fingerprint density at radius 2 is 1.83 bits per heavy atom. The molecule has 130 valence electrons. The molecule has 24 heavy (non-hydrogen) atoms. The number of fused-ring (bicyclic) bond motifs is 1. The summed E-state index contributed by atoms with van der Waals surface area (Å²) in [7, 11) is -1.85. The number of piperazine rings is 1. The van der Waals surface area contributed by atoms with E-state index in [1.54, 1.807) is 4.90 Å². The second-order valence-electron chi connectivity index (χ2n) is 5.80. The van der Waals surface area contributed by atoms with Gasteiger partial charge in [-0.3, -0.25) is 4.79 Å². The van der Waals surface area contributed by atoms with Crippen molar-refractivity contribution in [3.8, 4) is 0 Å². The van der Waals surface area contributed by atoms with E-state index in [0.717, 1.165) is 13.1 Å². The number of benzene rings is 1. The second kappa shape index (κ2) is 6.38. The number of H-pyrrole nitrogens is 2. The van der Waals surface area contributed by atoms with Crippen molar-refractivity contribution >= 4 is 27.0 Å². The normalized spacial score (nSPS) is 16.6. The van der Waals surface area contributed by atoms with E-state index in [0.29, 0.717) is 24.1 Å². The molecule has 1 aromatic carbocycles. The molecule has 1 amide bonds. The van der Waals surface area contributed by atoms with E-state index >= 15 is 0 Å². The predicted octanol–water partition coefficient (Wildman–Crippen LogP) is -1.09. The van der Waals surface area contributed by atoms with Gasteiger partial charge in [-0.25, -0.2) is 17.9 Å². The highest BCUT2D eigenvalue weighted by atomic mass is 32.2. The molecular weight excluding hydrogens is 334 g/mol. The molecule has 1 saturated heterocycles. The van der Waals surface area contributed by atoms with Crippen molar-refractivity contribution in [2.24, 2.45) is 0 Å². The molecule has 0 spiro atoms. The molecule has 1 aromatic heterocycles. The van der Waals surface area contributed by atoms with Crippen LogP contribution in [0, 0.1) is 0 Å². The van der Waals surface area contributed by atoms with E-state index in [9.17, 15) is 18.0 Å². The first-order valence-corrected chi connectivity index (χ1v) is 9.01. The maximum Gasteiger partial charge on any atom is 0.323 e. The van der Waals surface area contributed by atoms with E-state index in [4.69, 9.17) is 0 Å². The number of carbonyl (C=O) groups excluding carboxylic acids is 1. The largest absolute Gasteiger partial charge is 0.339 e. The Kier molecular flexibility index (Phi) is 4.43. The maximum atomic E-state index is 12.3. The van der Waals surface area contributed by atoms with Crippen LogP contribution in [-0.4, -0.2) is 73.9 Å². The summed E-state index contributed by atoms with van der Waals surface area (Å²) >= 11 is 0. The summed E-state index contributed by atoms with van der Waals surface area (Å²) in [4.78, 5) is 32.2. The topological polar surface area (TPSA) is 118 Å². The van der Waals surface area contributed by atoms with Crippen LogP contribution in [-0.2, 0) is 14.8 Å². The molecule has 2 heterocycles. The SMILES string of the molecule is CN1CCN(C(=O)CNS(=O)(=O)c2ccc3[nH]c(=O)[nH]c3c2)CC1. The third-order valence-electron chi connectivity index (χ3n) is 4.07. The summed E-state index contributed by atoms with van der Waals surface area (Å²) in [5, 5.41) is 0. The summed E-state index contributed by atoms with van der Waals surface area (Å²) in [5.41, 5.74) is 0.512. The van der Waals surface area contributed by atoms with Gasteiger partial charge in [-0.1, -0.05) is 0 Å². The van der Waals surface area contributed by atoms with Crippen molar-refractivity contribution in [3.63, 3.8) is 0 Å². The zero-order valence-corrected chi connectivity index (χ0v) is 14.0. The number of amides is 1. The Morgan fingerprint density at radius 3 is 2.54 bits per heavy atom. The van der Waals surface area contributed by atoms with Crippen molar-refractivity contribution in [1.29, 1.82) is 0 Å². The van der Waals surface area contributed by atoms with E-state index in [-0.39, 0.29) is 17.3 Å². The van der Waals surface area contributed by atoms with Gasteiger partial charge in [0.15, 0.2) is 0 Å². The number of rotatable bonds is 4. The molecule has 2 aromatic rings. The van der Waals surface area contributed by atoms with Crippen molar-refractivity contribution in [2.75, 3.05) is 39.8 Å². The molecular formula is C14H19N5O4S. The minimum absolute atomic E-state index is 0.00331. The molecule has 1 fully saturated rings. The van der Waals surface area contributed by atoms with Crippen LogP contribution in [0.2, 0.25) is 0 Å². The Balaban J connectivity index is 1.68.